The Morgan fingerprint density at radius 3 is 1.58 bits per heavy atom. The van der Waals surface area contributed by atoms with Gasteiger partial charge in [0.1, 0.15) is 0 Å². The van der Waals surface area contributed by atoms with Gasteiger partial charge in [0.05, 0.1) is 0 Å². The zero-order valence-corrected chi connectivity index (χ0v) is 19.3. The molecule has 7 nitrogen and oxygen atoms in total. The van der Waals surface area contributed by atoms with Crippen LogP contribution < -0.4 is 10.6 Å². The minimum Gasteiger partial charge on any atom is -0.317 e. The number of hydrogen-bond donors (Lipinski definition) is 2. The number of piperidine rings is 1. The number of hydrogen-bond acceptors (Lipinski definition) is 5. The van der Waals surface area contributed by atoms with Gasteiger partial charge < -0.3 is 5.32 Å². The average Bonchev–Trinajstić information content (AvgIpc) is 2.83. The second-order valence-electron chi connectivity index (χ2n) is 8.88. The third kappa shape index (κ3) is 4.17. The van der Waals surface area contributed by atoms with Gasteiger partial charge in [0.25, 0.3) is 23.6 Å². The van der Waals surface area contributed by atoms with Crippen molar-refractivity contribution in [2.45, 2.75) is 64.8 Å². The molecule has 2 N–H and O–H groups in total. The summed E-state index contributed by atoms with van der Waals surface area (Å²) in [5.41, 5.74) is 1.39. The average molecular weight is 450 g/mol. The van der Waals surface area contributed by atoms with Crippen LogP contribution in [0.2, 0.25) is 0 Å². The van der Waals surface area contributed by atoms with Crippen molar-refractivity contribution in [2.75, 3.05) is 13.1 Å². The second-order valence-corrected chi connectivity index (χ2v) is 8.88. The largest absolute Gasteiger partial charge is 0.317 e. The van der Waals surface area contributed by atoms with Crippen LogP contribution in [0.4, 0.5) is 0 Å². The summed E-state index contributed by atoms with van der Waals surface area (Å²) in [4.78, 5) is 52.2. The molecule has 7 heteroatoms. The maximum atomic E-state index is 13.2. The van der Waals surface area contributed by atoms with Crippen molar-refractivity contribution in [3.05, 3.63) is 46.5 Å². The van der Waals surface area contributed by atoms with Crippen LogP contribution in [0.1, 0.15) is 100 Å². The summed E-state index contributed by atoms with van der Waals surface area (Å²) in [6, 6.07) is 6.16. The molecule has 2 aromatic rings. The molecule has 0 radical (unpaired) electrons. The fourth-order valence-corrected chi connectivity index (χ4v) is 5.02. The first kappa shape index (κ1) is 23.1. The SMILES string of the molecule is C1CCNCC1.CCCC(CCC)N1C(=O)c2ccc3c4c(ccc(c24)C1=O)C(=O)NC3=O. The van der Waals surface area contributed by atoms with E-state index >= 15 is 0 Å². The molecule has 1 saturated heterocycles. The van der Waals surface area contributed by atoms with E-state index in [2.05, 4.69) is 10.6 Å². The van der Waals surface area contributed by atoms with Gasteiger partial charge in [-0.25, -0.2) is 0 Å². The molecule has 0 aliphatic carbocycles. The smallest absolute Gasteiger partial charge is 0.261 e. The zero-order valence-electron chi connectivity index (χ0n) is 19.3. The van der Waals surface area contributed by atoms with E-state index in [9.17, 15) is 19.2 Å². The Bertz CT molecular complexity index is 1030. The lowest BCUT2D eigenvalue weighted by Crippen LogP contribution is -2.47. The van der Waals surface area contributed by atoms with Crippen LogP contribution in [0.15, 0.2) is 24.3 Å². The highest BCUT2D eigenvalue weighted by Crippen LogP contribution is 2.37. The number of nitrogens with zero attached hydrogens (tertiary/aromatic N) is 1. The van der Waals surface area contributed by atoms with Gasteiger partial charge >= 0.3 is 0 Å². The fourth-order valence-electron chi connectivity index (χ4n) is 5.02. The Balaban J connectivity index is 0.000000376. The van der Waals surface area contributed by atoms with E-state index in [0.29, 0.717) is 33.0 Å². The highest BCUT2D eigenvalue weighted by atomic mass is 16.2. The number of carbonyl (C=O) groups excluding carboxylic acids is 4. The Hall–Kier alpha value is -3.06. The maximum Gasteiger partial charge on any atom is 0.261 e. The topological polar surface area (TPSA) is 95.6 Å². The molecular formula is C26H31N3O4. The number of benzene rings is 2. The third-order valence-electron chi connectivity index (χ3n) is 6.59. The monoisotopic (exact) mass is 449 g/mol. The lowest BCUT2D eigenvalue weighted by Gasteiger charge is -2.34. The molecule has 0 bridgehead atoms. The van der Waals surface area contributed by atoms with E-state index in [1.165, 1.54) is 37.3 Å². The van der Waals surface area contributed by atoms with Gasteiger partial charge in [0.2, 0.25) is 0 Å². The minimum absolute atomic E-state index is 0.152. The molecule has 4 amide bonds. The minimum atomic E-state index is -0.506. The number of amides is 4. The molecule has 1 fully saturated rings. The van der Waals surface area contributed by atoms with Gasteiger partial charge in [-0.3, -0.25) is 29.4 Å². The summed E-state index contributed by atoms with van der Waals surface area (Å²) >= 11 is 0. The first-order valence-corrected chi connectivity index (χ1v) is 12.0. The lowest BCUT2D eigenvalue weighted by molar-refractivity contribution is 0.0519. The predicted molar refractivity (Wildman–Crippen MR) is 127 cm³/mol. The molecule has 33 heavy (non-hydrogen) atoms. The fraction of sp³-hybridized carbons (Fsp3) is 0.462. The summed E-state index contributed by atoms with van der Waals surface area (Å²) in [6.07, 6.45) is 7.46. The van der Waals surface area contributed by atoms with Crippen molar-refractivity contribution in [1.29, 1.82) is 0 Å². The van der Waals surface area contributed by atoms with Gasteiger partial charge in [0.15, 0.2) is 0 Å². The van der Waals surface area contributed by atoms with Crippen molar-refractivity contribution in [3.63, 3.8) is 0 Å². The Kier molecular flexibility index (Phi) is 6.88. The Morgan fingerprint density at radius 1 is 0.727 bits per heavy atom. The molecule has 0 saturated carbocycles. The van der Waals surface area contributed by atoms with Gasteiger partial charge in [-0.1, -0.05) is 33.1 Å². The molecule has 5 rings (SSSR count). The predicted octanol–water partition coefficient (Wildman–Crippen LogP) is 4.05. The van der Waals surface area contributed by atoms with E-state index < -0.39 is 11.8 Å². The number of rotatable bonds is 5. The van der Waals surface area contributed by atoms with Crippen molar-refractivity contribution in [2.24, 2.45) is 0 Å². The maximum absolute atomic E-state index is 13.2. The van der Waals surface area contributed by atoms with Crippen molar-refractivity contribution in [1.82, 2.24) is 15.5 Å². The van der Waals surface area contributed by atoms with E-state index in [1.54, 1.807) is 24.3 Å². The quantitative estimate of drug-likeness (QED) is 0.672. The van der Waals surface area contributed by atoms with Crippen molar-refractivity contribution >= 4 is 34.4 Å². The molecule has 3 aliphatic rings. The van der Waals surface area contributed by atoms with Gasteiger partial charge in [-0.15, -0.1) is 0 Å². The number of carbonyl (C=O) groups is 4. The molecule has 0 atom stereocenters. The molecule has 0 unspecified atom stereocenters. The van der Waals surface area contributed by atoms with Crippen LogP contribution in [0.25, 0.3) is 10.8 Å². The highest BCUT2D eigenvalue weighted by molar-refractivity contribution is 6.33. The Labute approximate surface area is 193 Å². The molecule has 0 spiro atoms. The van der Waals surface area contributed by atoms with E-state index in [0.717, 1.165) is 25.7 Å². The molecule has 3 heterocycles. The van der Waals surface area contributed by atoms with Crippen molar-refractivity contribution < 1.29 is 19.2 Å². The van der Waals surface area contributed by atoms with Gasteiger partial charge in [0, 0.05) is 39.1 Å². The summed E-state index contributed by atoms with van der Waals surface area (Å²) in [5.74, 6) is -1.70. The zero-order chi connectivity index (χ0) is 23.5. The van der Waals surface area contributed by atoms with Crippen LogP contribution in [0, 0.1) is 0 Å². The highest BCUT2D eigenvalue weighted by Gasteiger charge is 2.39. The lowest BCUT2D eigenvalue weighted by atomic mass is 9.85. The summed E-state index contributed by atoms with van der Waals surface area (Å²) in [6.45, 7) is 6.57. The van der Waals surface area contributed by atoms with Crippen molar-refractivity contribution in [3.8, 4) is 0 Å². The Morgan fingerprint density at radius 2 is 1.18 bits per heavy atom. The molecular weight excluding hydrogens is 418 g/mol. The number of imide groups is 2. The van der Waals surface area contributed by atoms with Crippen LogP contribution in [0.3, 0.4) is 0 Å². The number of nitrogens with one attached hydrogen (secondary N) is 2. The molecule has 174 valence electrons. The van der Waals surface area contributed by atoms with Crippen LogP contribution in [-0.2, 0) is 0 Å². The standard InChI is InChI=1S/C21H20N2O4.C5H11N/c1-3-5-11(6-4-2)23-20(26)14-9-7-12-16-13(19(25)22-18(12)24)8-10-15(17(14)16)21(23)27;1-2-4-6-5-3-1/h7-11H,3-6H2,1-2H3,(H,22,24,25);6H,1-5H2. The summed E-state index contributed by atoms with van der Waals surface area (Å²) in [7, 11) is 0. The molecule has 3 aliphatic heterocycles. The first-order valence-electron chi connectivity index (χ1n) is 12.0. The van der Waals surface area contributed by atoms with E-state index in [1.807, 2.05) is 13.8 Å². The summed E-state index contributed by atoms with van der Waals surface area (Å²) in [5, 5.41) is 6.41. The van der Waals surface area contributed by atoms with Gasteiger partial charge in [-0.2, -0.15) is 0 Å². The van der Waals surface area contributed by atoms with E-state index in [4.69, 9.17) is 0 Å². The van der Waals surface area contributed by atoms with Crippen LogP contribution >= 0.6 is 0 Å². The second kappa shape index (κ2) is 9.83. The van der Waals surface area contributed by atoms with Crippen LogP contribution in [0.5, 0.6) is 0 Å². The summed E-state index contributed by atoms with van der Waals surface area (Å²) < 4.78 is 0. The molecule has 2 aromatic carbocycles. The van der Waals surface area contributed by atoms with Gasteiger partial charge in [-0.05, 0) is 63.0 Å². The van der Waals surface area contributed by atoms with Crippen LogP contribution in [-0.4, -0.2) is 47.7 Å². The molecule has 0 aromatic heterocycles. The normalized spacial score (nSPS) is 17.2. The van der Waals surface area contributed by atoms with E-state index in [-0.39, 0.29) is 17.9 Å². The third-order valence-corrected chi connectivity index (χ3v) is 6.59. The first-order chi connectivity index (χ1) is 16.0.